The van der Waals surface area contributed by atoms with E-state index in [-0.39, 0.29) is 18.0 Å². The molecule has 1 aliphatic rings. The molecular weight excluding hydrogens is 404 g/mol. The summed E-state index contributed by atoms with van der Waals surface area (Å²) in [6.07, 6.45) is 1.53. The number of thioether (sulfide) groups is 1. The first-order valence-electron chi connectivity index (χ1n) is 9.16. The molecular formula is C21H20N4O4S. The van der Waals surface area contributed by atoms with E-state index in [1.807, 2.05) is 31.2 Å². The lowest BCUT2D eigenvalue weighted by Gasteiger charge is -2.13. The van der Waals surface area contributed by atoms with Crippen LogP contribution in [0.3, 0.4) is 0 Å². The molecule has 1 atom stereocenters. The number of amides is 2. The number of nitrogens with one attached hydrogen (secondary N) is 1. The van der Waals surface area contributed by atoms with Crippen molar-refractivity contribution < 1.29 is 14.5 Å². The Balaban J connectivity index is 1.72. The van der Waals surface area contributed by atoms with E-state index in [0.717, 1.165) is 5.56 Å². The molecule has 3 rings (SSSR count). The number of aliphatic imine (C=N–C) groups is 1. The molecule has 2 aromatic carbocycles. The summed E-state index contributed by atoms with van der Waals surface area (Å²) < 4.78 is 0. The van der Waals surface area contributed by atoms with E-state index in [0.29, 0.717) is 23.1 Å². The molecule has 1 fully saturated rings. The Kier molecular flexibility index (Phi) is 6.63. The minimum atomic E-state index is -0.632. The van der Waals surface area contributed by atoms with Gasteiger partial charge in [0.1, 0.15) is 5.25 Å². The van der Waals surface area contributed by atoms with Gasteiger partial charge in [0.2, 0.25) is 11.8 Å². The molecule has 154 valence electrons. The quantitative estimate of drug-likeness (QED) is 0.410. The van der Waals surface area contributed by atoms with E-state index in [1.54, 1.807) is 12.1 Å². The standard InChI is InChI=1S/C21H20N4O4S/c1-3-11-24-20(27)18(30-21(24)23-15-9-7-14(2)8-10-15)13-19(26)22-16-5-4-6-17(12-16)25(28)29/h3-10,12,18H,1,11,13H2,2H3,(H,22,26). The normalized spacial score (nSPS) is 17.2. The lowest BCUT2D eigenvalue weighted by Crippen LogP contribution is -2.33. The van der Waals surface area contributed by atoms with Gasteiger partial charge in [0.15, 0.2) is 5.17 Å². The van der Waals surface area contributed by atoms with Crippen LogP contribution < -0.4 is 5.32 Å². The van der Waals surface area contributed by atoms with Crippen LogP contribution in [0.5, 0.6) is 0 Å². The van der Waals surface area contributed by atoms with Crippen molar-refractivity contribution in [2.24, 2.45) is 4.99 Å². The number of non-ortho nitro benzene ring substituents is 1. The molecule has 0 saturated carbocycles. The van der Waals surface area contributed by atoms with Crippen LogP contribution in [0.4, 0.5) is 17.1 Å². The second-order valence-electron chi connectivity index (χ2n) is 6.63. The molecule has 1 aliphatic heterocycles. The lowest BCUT2D eigenvalue weighted by molar-refractivity contribution is -0.384. The van der Waals surface area contributed by atoms with E-state index < -0.39 is 16.1 Å². The van der Waals surface area contributed by atoms with Crippen molar-refractivity contribution >= 4 is 45.8 Å². The van der Waals surface area contributed by atoms with Crippen molar-refractivity contribution in [2.75, 3.05) is 11.9 Å². The maximum Gasteiger partial charge on any atom is 0.271 e. The largest absolute Gasteiger partial charge is 0.326 e. The fourth-order valence-corrected chi connectivity index (χ4v) is 4.00. The summed E-state index contributed by atoms with van der Waals surface area (Å²) in [6.45, 7) is 5.95. The number of nitrogens with zero attached hydrogens (tertiary/aromatic N) is 3. The summed E-state index contributed by atoms with van der Waals surface area (Å²) in [4.78, 5) is 41.6. The fourth-order valence-electron chi connectivity index (χ4n) is 2.83. The van der Waals surface area contributed by atoms with E-state index >= 15 is 0 Å². The van der Waals surface area contributed by atoms with Crippen LogP contribution >= 0.6 is 11.8 Å². The molecule has 9 heteroatoms. The number of carbonyl (C=O) groups is 2. The van der Waals surface area contributed by atoms with Crippen LogP contribution in [0, 0.1) is 17.0 Å². The Morgan fingerprint density at radius 3 is 2.73 bits per heavy atom. The van der Waals surface area contributed by atoms with Gasteiger partial charge in [0.25, 0.3) is 5.69 Å². The van der Waals surface area contributed by atoms with Gasteiger partial charge in [0.05, 0.1) is 10.6 Å². The second-order valence-corrected chi connectivity index (χ2v) is 7.80. The number of nitro benzene ring substituents is 1. The SMILES string of the molecule is C=CCN1C(=O)C(CC(=O)Nc2cccc([N+](=O)[O-])c2)SC1=Nc1ccc(C)cc1. The summed E-state index contributed by atoms with van der Waals surface area (Å²) in [6, 6.07) is 13.3. The van der Waals surface area contributed by atoms with Crippen molar-refractivity contribution in [3.8, 4) is 0 Å². The third kappa shape index (κ3) is 5.12. The first kappa shape index (κ1) is 21.3. The Hall–Kier alpha value is -3.46. The van der Waals surface area contributed by atoms with Crippen LogP contribution in [-0.4, -0.2) is 38.6 Å². The number of benzene rings is 2. The second kappa shape index (κ2) is 9.36. The van der Waals surface area contributed by atoms with Crippen LogP contribution in [0.1, 0.15) is 12.0 Å². The monoisotopic (exact) mass is 424 g/mol. The summed E-state index contributed by atoms with van der Waals surface area (Å²) in [7, 11) is 0. The maximum absolute atomic E-state index is 12.8. The van der Waals surface area contributed by atoms with Gasteiger partial charge in [-0.05, 0) is 25.1 Å². The highest BCUT2D eigenvalue weighted by Gasteiger charge is 2.38. The van der Waals surface area contributed by atoms with Gasteiger partial charge in [-0.1, -0.05) is 41.6 Å². The third-order valence-corrected chi connectivity index (χ3v) is 5.48. The average Bonchev–Trinajstić information content (AvgIpc) is 2.99. The lowest BCUT2D eigenvalue weighted by atomic mass is 10.2. The molecule has 0 radical (unpaired) electrons. The summed E-state index contributed by atoms with van der Waals surface area (Å²) in [5.74, 6) is -0.628. The summed E-state index contributed by atoms with van der Waals surface area (Å²) in [5, 5.41) is 13.4. The molecule has 1 heterocycles. The number of rotatable bonds is 7. The smallest absolute Gasteiger partial charge is 0.271 e. The zero-order chi connectivity index (χ0) is 21.7. The Morgan fingerprint density at radius 2 is 2.07 bits per heavy atom. The van der Waals surface area contributed by atoms with Crippen molar-refractivity contribution in [1.29, 1.82) is 0 Å². The number of aryl methyl sites for hydroxylation is 1. The van der Waals surface area contributed by atoms with Gasteiger partial charge in [-0.3, -0.25) is 24.6 Å². The molecule has 1 unspecified atom stereocenters. The maximum atomic E-state index is 12.8. The van der Waals surface area contributed by atoms with Gasteiger partial charge in [-0.2, -0.15) is 0 Å². The highest BCUT2D eigenvalue weighted by atomic mass is 32.2. The van der Waals surface area contributed by atoms with Crippen LogP contribution in [0.2, 0.25) is 0 Å². The minimum absolute atomic E-state index is 0.0766. The summed E-state index contributed by atoms with van der Waals surface area (Å²) >= 11 is 1.22. The Bertz CT molecular complexity index is 1020. The highest BCUT2D eigenvalue weighted by Crippen LogP contribution is 2.32. The molecule has 2 amide bonds. The molecule has 0 spiro atoms. The number of anilines is 1. The van der Waals surface area contributed by atoms with Gasteiger partial charge in [-0.15, -0.1) is 6.58 Å². The number of carbonyl (C=O) groups excluding carboxylic acids is 2. The van der Waals surface area contributed by atoms with Crippen LogP contribution in [0.25, 0.3) is 0 Å². The zero-order valence-corrected chi connectivity index (χ0v) is 17.1. The molecule has 1 N–H and O–H groups in total. The zero-order valence-electron chi connectivity index (χ0n) is 16.3. The molecule has 0 aromatic heterocycles. The first-order valence-corrected chi connectivity index (χ1v) is 10.0. The van der Waals surface area contributed by atoms with Crippen molar-refractivity contribution in [1.82, 2.24) is 4.90 Å². The number of nitro groups is 1. The molecule has 8 nitrogen and oxygen atoms in total. The van der Waals surface area contributed by atoms with E-state index in [4.69, 9.17) is 0 Å². The molecule has 1 saturated heterocycles. The van der Waals surface area contributed by atoms with Crippen LogP contribution in [-0.2, 0) is 9.59 Å². The van der Waals surface area contributed by atoms with Gasteiger partial charge in [0, 0.05) is 30.8 Å². The van der Waals surface area contributed by atoms with Gasteiger partial charge < -0.3 is 5.32 Å². The van der Waals surface area contributed by atoms with E-state index in [9.17, 15) is 19.7 Å². The Labute approximate surface area is 177 Å². The fraction of sp³-hybridized carbons (Fsp3) is 0.190. The molecule has 2 aromatic rings. The predicted octanol–water partition coefficient (Wildman–Crippen LogP) is 4.05. The first-order chi connectivity index (χ1) is 14.4. The number of hydrogen-bond donors (Lipinski definition) is 1. The highest BCUT2D eigenvalue weighted by molar-refractivity contribution is 8.15. The van der Waals surface area contributed by atoms with Gasteiger partial charge in [-0.25, -0.2) is 4.99 Å². The molecule has 0 bridgehead atoms. The van der Waals surface area contributed by atoms with E-state index in [1.165, 1.54) is 34.9 Å². The van der Waals surface area contributed by atoms with Crippen molar-refractivity contribution in [2.45, 2.75) is 18.6 Å². The van der Waals surface area contributed by atoms with Crippen molar-refractivity contribution in [3.63, 3.8) is 0 Å². The van der Waals surface area contributed by atoms with Crippen LogP contribution in [0.15, 0.2) is 66.2 Å². The topological polar surface area (TPSA) is 105 Å². The van der Waals surface area contributed by atoms with Gasteiger partial charge >= 0.3 is 0 Å². The molecule has 0 aliphatic carbocycles. The summed E-state index contributed by atoms with van der Waals surface area (Å²) in [5.41, 5.74) is 2.00. The Morgan fingerprint density at radius 1 is 1.33 bits per heavy atom. The number of hydrogen-bond acceptors (Lipinski definition) is 6. The minimum Gasteiger partial charge on any atom is -0.326 e. The van der Waals surface area contributed by atoms with Crippen molar-refractivity contribution in [3.05, 3.63) is 76.9 Å². The molecule has 30 heavy (non-hydrogen) atoms. The predicted molar refractivity (Wildman–Crippen MR) is 118 cm³/mol. The average molecular weight is 424 g/mol. The van der Waals surface area contributed by atoms with E-state index in [2.05, 4.69) is 16.9 Å². The number of amidine groups is 1. The third-order valence-electron chi connectivity index (χ3n) is 4.30.